The van der Waals surface area contributed by atoms with E-state index in [1.54, 1.807) is 6.07 Å². The van der Waals surface area contributed by atoms with Gasteiger partial charge in [-0.05, 0) is 30.3 Å². The number of rotatable bonds is 5. The lowest BCUT2D eigenvalue weighted by molar-refractivity contribution is 0.0671. The summed E-state index contributed by atoms with van der Waals surface area (Å²) in [5, 5.41) is 0.226. The van der Waals surface area contributed by atoms with Crippen LogP contribution in [0.2, 0.25) is 5.02 Å². The normalized spacial score (nSPS) is 12.9. The van der Waals surface area contributed by atoms with Crippen LogP contribution in [0.25, 0.3) is 0 Å². The molecule has 0 fully saturated rings. The van der Waals surface area contributed by atoms with Crippen LogP contribution in [0, 0.1) is 5.82 Å². The molecule has 0 N–H and O–H groups in total. The van der Waals surface area contributed by atoms with Crippen molar-refractivity contribution >= 4 is 29.3 Å². The molecule has 0 spiro atoms. The molecule has 0 bridgehead atoms. The van der Waals surface area contributed by atoms with Crippen LogP contribution in [-0.4, -0.2) is 41.1 Å². The number of amides is 3. The first kappa shape index (κ1) is 18.8. The molecule has 7 heteroatoms. The number of carbonyl (C=O) groups excluding carboxylic acids is 3. The fourth-order valence-corrected chi connectivity index (χ4v) is 3.15. The number of hydrogen-bond acceptors (Lipinski definition) is 3. The molecule has 3 rings (SSSR count). The van der Waals surface area contributed by atoms with Crippen molar-refractivity contribution in [3.63, 3.8) is 0 Å². The van der Waals surface area contributed by atoms with Gasteiger partial charge >= 0.3 is 0 Å². The summed E-state index contributed by atoms with van der Waals surface area (Å²) < 4.78 is 13.9. The van der Waals surface area contributed by atoms with E-state index < -0.39 is 23.5 Å². The fourth-order valence-electron chi connectivity index (χ4n) is 2.93. The van der Waals surface area contributed by atoms with Crippen LogP contribution in [0.3, 0.4) is 0 Å². The van der Waals surface area contributed by atoms with Crippen LogP contribution in [0.5, 0.6) is 0 Å². The van der Waals surface area contributed by atoms with E-state index in [1.165, 1.54) is 48.4 Å². The quantitative estimate of drug-likeness (QED) is 0.583. The Bertz CT molecular complexity index is 953. The van der Waals surface area contributed by atoms with Gasteiger partial charge in [-0.2, -0.15) is 0 Å². The molecule has 0 aliphatic carbocycles. The van der Waals surface area contributed by atoms with Crippen molar-refractivity contribution in [3.8, 4) is 0 Å². The van der Waals surface area contributed by atoms with E-state index in [4.69, 9.17) is 11.6 Å². The molecule has 1 aliphatic rings. The van der Waals surface area contributed by atoms with Gasteiger partial charge in [0.2, 0.25) is 0 Å². The highest BCUT2D eigenvalue weighted by molar-refractivity contribution is 6.31. The van der Waals surface area contributed by atoms with Gasteiger partial charge in [-0.15, -0.1) is 6.58 Å². The Kier molecular flexibility index (Phi) is 5.10. The molecule has 0 unspecified atom stereocenters. The van der Waals surface area contributed by atoms with Gasteiger partial charge in [-0.25, -0.2) is 4.39 Å². The molecule has 138 valence electrons. The third kappa shape index (κ3) is 3.36. The number of halogens is 2. The molecule has 1 aliphatic heterocycles. The Morgan fingerprint density at radius 2 is 1.93 bits per heavy atom. The Labute approximate surface area is 160 Å². The molecule has 3 amide bonds. The first-order valence-electron chi connectivity index (χ1n) is 8.14. The van der Waals surface area contributed by atoms with Gasteiger partial charge in [0, 0.05) is 36.3 Å². The maximum Gasteiger partial charge on any atom is 0.261 e. The Morgan fingerprint density at radius 1 is 1.22 bits per heavy atom. The van der Waals surface area contributed by atoms with Crippen molar-refractivity contribution in [3.05, 3.63) is 82.1 Å². The predicted molar refractivity (Wildman–Crippen MR) is 99.2 cm³/mol. The number of imide groups is 1. The number of nitrogens with zero attached hydrogens (tertiary/aromatic N) is 2. The Balaban J connectivity index is 1.86. The van der Waals surface area contributed by atoms with Crippen molar-refractivity contribution in [1.82, 2.24) is 9.80 Å². The highest BCUT2D eigenvalue weighted by Crippen LogP contribution is 2.25. The summed E-state index contributed by atoms with van der Waals surface area (Å²) in [5.41, 5.74) is 0.855. The molecule has 0 atom stereocenters. The first-order chi connectivity index (χ1) is 12.8. The first-order valence-corrected chi connectivity index (χ1v) is 8.52. The predicted octanol–water partition coefficient (Wildman–Crippen LogP) is 3.53. The van der Waals surface area contributed by atoms with E-state index in [0.29, 0.717) is 0 Å². The zero-order valence-electron chi connectivity index (χ0n) is 14.5. The standard InChI is InChI=1S/C20H16ClFN2O3/c1-3-9-24-19(26)13-8-7-12(10-14(13)20(24)27)18(25)23(2)11-15-16(21)5-4-6-17(15)22/h3-8,10H,1,9,11H2,2H3. The van der Waals surface area contributed by atoms with Gasteiger partial charge < -0.3 is 4.90 Å². The van der Waals surface area contributed by atoms with E-state index in [2.05, 4.69) is 6.58 Å². The molecule has 1 heterocycles. The summed E-state index contributed by atoms with van der Waals surface area (Å²) in [6, 6.07) is 8.63. The number of fused-ring (bicyclic) bond motifs is 1. The Hall–Kier alpha value is -2.99. The summed E-state index contributed by atoms with van der Waals surface area (Å²) in [5.74, 6) is -1.80. The largest absolute Gasteiger partial charge is 0.337 e. The Morgan fingerprint density at radius 3 is 2.59 bits per heavy atom. The molecular formula is C20H16ClFN2O3. The van der Waals surface area contributed by atoms with Crippen LogP contribution in [0.15, 0.2) is 49.1 Å². The highest BCUT2D eigenvalue weighted by atomic mass is 35.5. The number of hydrogen-bond donors (Lipinski definition) is 0. The number of benzene rings is 2. The maximum atomic E-state index is 13.9. The third-order valence-corrected chi connectivity index (χ3v) is 4.69. The van der Waals surface area contributed by atoms with Crippen LogP contribution in [0.4, 0.5) is 4.39 Å². The van der Waals surface area contributed by atoms with Gasteiger partial charge in [0.05, 0.1) is 11.1 Å². The lowest BCUT2D eigenvalue weighted by Gasteiger charge is -2.18. The lowest BCUT2D eigenvalue weighted by Crippen LogP contribution is -2.29. The topological polar surface area (TPSA) is 57.7 Å². The van der Waals surface area contributed by atoms with Gasteiger partial charge in [0.1, 0.15) is 5.82 Å². The highest BCUT2D eigenvalue weighted by Gasteiger charge is 2.35. The lowest BCUT2D eigenvalue weighted by atomic mass is 10.0. The summed E-state index contributed by atoms with van der Waals surface area (Å²) in [7, 11) is 1.51. The van der Waals surface area contributed by atoms with E-state index in [9.17, 15) is 18.8 Å². The van der Waals surface area contributed by atoms with E-state index in [1.807, 2.05) is 0 Å². The minimum Gasteiger partial charge on any atom is -0.337 e. The van der Waals surface area contributed by atoms with Crippen molar-refractivity contribution in [2.45, 2.75) is 6.54 Å². The minimum absolute atomic E-state index is 0.0309. The van der Waals surface area contributed by atoms with Crippen molar-refractivity contribution < 1.29 is 18.8 Å². The SMILES string of the molecule is C=CCN1C(=O)c2ccc(C(=O)N(C)Cc3c(F)cccc3Cl)cc2C1=O. The zero-order valence-corrected chi connectivity index (χ0v) is 15.3. The van der Waals surface area contributed by atoms with Gasteiger partial charge in [-0.1, -0.05) is 23.7 Å². The van der Waals surface area contributed by atoms with Gasteiger partial charge in [0.25, 0.3) is 17.7 Å². The smallest absolute Gasteiger partial charge is 0.261 e. The van der Waals surface area contributed by atoms with Crippen LogP contribution in [0.1, 0.15) is 36.6 Å². The van der Waals surface area contributed by atoms with Crippen molar-refractivity contribution in [2.75, 3.05) is 13.6 Å². The van der Waals surface area contributed by atoms with Gasteiger partial charge in [-0.3, -0.25) is 19.3 Å². The average molecular weight is 387 g/mol. The summed E-state index contributed by atoms with van der Waals surface area (Å²) in [6.45, 7) is 3.60. The van der Waals surface area contributed by atoms with Crippen LogP contribution in [-0.2, 0) is 6.54 Å². The molecule has 2 aromatic rings. The number of carbonyl (C=O) groups is 3. The molecule has 5 nitrogen and oxygen atoms in total. The summed E-state index contributed by atoms with van der Waals surface area (Å²) >= 11 is 6.01. The molecule has 0 aromatic heterocycles. The van der Waals surface area contributed by atoms with Crippen molar-refractivity contribution in [1.29, 1.82) is 0 Å². The molecule has 0 radical (unpaired) electrons. The van der Waals surface area contributed by atoms with Crippen molar-refractivity contribution in [2.24, 2.45) is 0 Å². The monoisotopic (exact) mass is 386 g/mol. The van der Waals surface area contributed by atoms with Gasteiger partial charge in [0.15, 0.2) is 0 Å². The maximum absolute atomic E-state index is 13.9. The average Bonchev–Trinajstić information content (AvgIpc) is 2.89. The van der Waals surface area contributed by atoms with E-state index >= 15 is 0 Å². The molecular weight excluding hydrogens is 371 g/mol. The van der Waals surface area contributed by atoms with Crippen LogP contribution < -0.4 is 0 Å². The van der Waals surface area contributed by atoms with E-state index in [-0.39, 0.29) is 40.4 Å². The molecule has 0 saturated carbocycles. The second-order valence-electron chi connectivity index (χ2n) is 6.13. The summed E-state index contributed by atoms with van der Waals surface area (Å²) in [6.07, 6.45) is 1.46. The zero-order chi connectivity index (χ0) is 19.7. The fraction of sp³-hybridized carbons (Fsp3) is 0.150. The summed E-state index contributed by atoms with van der Waals surface area (Å²) in [4.78, 5) is 39.7. The third-order valence-electron chi connectivity index (χ3n) is 4.33. The molecule has 2 aromatic carbocycles. The minimum atomic E-state index is -0.503. The molecule has 27 heavy (non-hydrogen) atoms. The van der Waals surface area contributed by atoms with Crippen LogP contribution >= 0.6 is 11.6 Å². The van der Waals surface area contributed by atoms with E-state index in [0.717, 1.165) is 4.90 Å². The second kappa shape index (κ2) is 7.32. The molecule has 0 saturated heterocycles. The second-order valence-corrected chi connectivity index (χ2v) is 6.54.